The number of imidazole rings is 1. The molecular formula is C22H30N6O. The molecule has 0 radical (unpaired) electrons. The van der Waals surface area contributed by atoms with Gasteiger partial charge in [0.2, 0.25) is 0 Å². The lowest BCUT2D eigenvalue weighted by molar-refractivity contribution is 0.215. The second-order valence-corrected chi connectivity index (χ2v) is 7.48. The lowest BCUT2D eigenvalue weighted by atomic mass is 10.2. The summed E-state index contributed by atoms with van der Waals surface area (Å²) in [7, 11) is 0. The molecular weight excluding hydrogens is 364 g/mol. The van der Waals surface area contributed by atoms with E-state index in [2.05, 4.69) is 57.1 Å². The van der Waals surface area contributed by atoms with Crippen LogP contribution in [0.5, 0.6) is 0 Å². The average Bonchev–Trinajstić information content (AvgIpc) is 3.48. The first-order valence-electron chi connectivity index (χ1n) is 10.5. The zero-order valence-corrected chi connectivity index (χ0v) is 17.3. The van der Waals surface area contributed by atoms with Gasteiger partial charge >= 0.3 is 0 Å². The first-order valence-corrected chi connectivity index (χ1v) is 10.5. The minimum absolute atomic E-state index is 0.217. The fourth-order valence-corrected chi connectivity index (χ4v) is 3.91. The van der Waals surface area contributed by atoms with Crippen molar-refractivity contribution in [1.29, 1.82) is 0 Å². The van der Waals surface area contributed by atoms with Crippen molar-refractivity contribution in [3.05, 3.63) is 59.9 Å². The Kier molecular flexibility index (Phi) is 6.14. The zero-order chi connectivity index (χ0) is 20.1. The standard InChI is InChI=1S/C22H30N6O/c1-3-23-22(24-14-18-16-28-17(2)8-6-10-21(28)26-18)25-15-19(20-9-7-13-29-20)27-11-4-5-12-27/h6-10,13,16,19H,3-5,11-12,14-15H2,1-2H3,(H2,23,24,25). The maximum absolute atomic E-state index is 5.72. The number of aliphatic imine (C=N–C) groups is 1. The Morgan fingerprint density at radius 2 is 2.07 bits per heavy atom. The number of furan rings is 1. The van der Waals surface area contributed by atoms with Crippen molar-refractivity contribution >= 4 is 11.6 Å². The van der Waals surface area contributed by atoms with Crippen LogP contribution in [-0.2, 0) is 6.54 Å². The molecule has 154 valence electrons. The molecule has 1 atom stereocenters. The van der Waals surface area contributed by atoms with Crippen LogP contribution in [-0.4, -0.2) is 46.4 Å². The summed E-state index contributed by atoms with van der Waals surface area (Å²) in [5, 5.41) is 6.85. The summed E-state index contributed by atoms with van der Waals surface area (Å²) in [5.74, 6) is 1.81. The van der Waals surface area contributed by atoms with Gasteiger partial charge in [-0.05, 0) is 64.0 Å². The molecule has 0 aromatic carbocycles. The Morgan fingerprint density at radius 1 is 1.21 bits per heavy atom. The summed E-state index contributed by atoms with van der Waals surface area (Å²) >= 11 is 0. The number of hydrogen-bond donors (Lipinski definition) is 2. The molecule has 1 aliphatic rings. The molecule has 1 unspecified atom stereocenters. The van der Waals surface area contributed by atoms with Crippen LogP contribution in [0.25, 0.3) is 5.65 Å². The van der Waals surface area contributed by atoms with E-state index in [-0.39, 0.29) is 6.04 Å². The van der Waals surface area contributed by atoms with Crippen molar-refractivity contribution in [2.45, 2.75) is 39.3 Å². The lowest BCUT2D eigenvalue weighted by Crippen LogP contribution is -2.42. The molecule has 0 aliphatic carbocycles. The molecule has 0 spiro atoms. The summed E-state index contributed by atoms with van der Waals surface area (Å²) < 4.78 is 7.82. The van der Waals surface area contributed by atoms with Gasteiger partial charge in [-0.3, -0.25) is 4.90 Å². The molecule has 4 rings (SSSR count). The molecule has 1 aliphatic heterocycles. The molecule has 3 aromatic rings. The molecule has 1 fully saturated rings. The van der Waals surface area contributed by atoms with Crippen LogP contribution in [0.4, 0.5) is 0 Å². The number of hydrogen-bond acceptors (Lipinski definition) is 4. The van der Waals surface area contributed by atoms with E-state index in [0.29, 0.717) is 6.54 Å². The van der Waals surface area contributed by atoms with E-state index in [9.17, 15) is 0 Å². The van der Waals surface area contributed by atoms with Gasteiger partial charge in [0.25, 0.3) is 0 Å². The van der Waals surface area contributed by atoms with Gasteiger partial charge in [-0.25, -0.2) is 9.98 Å². The minimum Gasteiger partial charge on any atom is -0.468 e. The predicted molar refractivity (Wildman–Crippen MR) is 115 cm³/mol. The van der Waals surface area contributed by atoms with Crippen molar-refractivity contribution < 1.29 is 4.42 Å². The van der Waals surface area contributed by atoms with Gasteiger partial charge in [-0.15, -0.1) is 0 Å². The highest BCUT2D eigenvalue weighted by Gasteiger charge is 2.25. The fourth-order valence-electron chi connectivity index (χ4n) is 3.91. The number of aryl methyl sites for hydroxylation is 1. The van der Waals surface area contributed by atoms with Crippen LogP contribution in [0.15, 0.2) is 52.2 Å². The molecule has 0 bridgehead atoms. The molecule has 2 N–H and O–H groups in total. The van der Waals surface area contributed by atoms with E-state index in [4.69, 9.17) is 9.41 Å². The van der Waals surface area contributed by atoms with Crippen LogP contribution in [0.2, 0.25) is 0 Å². The van der Waals surface area contributed by atoms with E-state index in [1.54, 1.807) is 6.26 Å². The topological polar surface area (TPSA) is 70.1 Å². The van der Waals surface area contributed by atoms with Crippen LogP contribution >= 0.6 is 0 Å². The Balaban J connectivity index is 1.45. The molecule has 29 heavy (non-hydrogen) atoms. The number of likely N-dealkylation sites (tertiary alicyclic amines) is 1. The molecule has 7 nitrogen and oxygen atoms in total. The van der Waals surface area contributed by atoms with E-state index >= 15 is 0 Å². The van der Waals surface area contributed by atoms with E-state index in [1.807, 2.05) is 18.2 Å². The molecule has 0 saturated carbocycles. The molecule has 7 heteroatoms. The zero-order valence-electron chi connectivity index (χ0n) is 17.3. The van der Waals surface area contributed by atoms with Gasteiger partial charge < -0.3 is 19.5 Å². The van der Waals surface area contributed by atoms with Crippen molar-refractivity contribution in [2.24, 2.45) is 4.99 Å². The van der Waals surface area contributed by atoms with E-state index in [1.165, 1.54) is 18.5 Å². The second-order valence-electron chi connectivity index (χ2n) is 7.48. The van der Waals surface area contributed by atoms with Crippen LogP contribution in [0.3, 0.4) is 0 Å². The number of nitrogens with one attached hydrogen (secondary N) is 2. The van der Waals surface area contributed by atoms with Gasteiger partial charge in [-0.1, -0.05) is 6.07 Å². The van der Waals surface area contributed by atoms with Crippen LogP contribution < -0.4 is 10.6 Å². The maximum atomic E-state index is 5.72. The average molecular weight is 395 g/mol. The van der Waals surface area contributed by atoms with E-state index < -0.39 is 0 Å². The largest absolute Gasteiger partial charge is 0.468 e. The van der Waals surface area contributed by atoms with Gasteiger partial charge in [0, 0.05) is 25.0 Å². The molecule has 1 saturated heterocycles. The number of fused-ring (bicyclic) bond motifs is 1. The van der Waals surface area contributed by atoms with Gasteiger partial charge in [0.1, 0.15) is 11.4 Å². The van der Waals surface area contributed by atoms with Crippen molar-refractivity contribution in [3.8, 4) is 0 Å². The number of rotatable bonds is 7. The third kappa shape index (κ3) is 4.62. The lowest BCUT2D eigenvalue weighted by Gasteiger charge is -2.26. The quantitative estimate of drug-likeness (QED) is 0.476. The number of pyridine rings is 1. The fraction of sp³-hybridized carbons (Fsp3) is 0.455. The summed E-state index contributed by atoms with van der Waals surface area (Å²) in [6.07, 6.45) is 6.31. The second kappa shape index (κ2) is 9.13. The maximum Gasteiger partial charge on any atom is 0.191 e. The third-order valence-corrected chi connectivity index (χ3v) is 5.41. The highest BCUT2D eigenvalue weighted by atomic mass is 16.3. The smallest absolute Gasteiger partial charge is 0.191 e. The van der Waals surface area contributed by atoms with Crippen molar-refractivity contribution in [1.82, 2.24) is 24.9 Å². The third-order valence-electron chi connectivity index (χ3n) is 5.41. The van der Waals surface area contributed by atoms with Gasteiger partial charge in [-0.2, -0.15) is 0 Å². The predicted octanol–water partition coefficient (Wildman–Crippen LogP) is 3.13. The monoisotopic (exact) mass is 394 g/mol. The highest BCUT2D eigenvalue weighted by molar-refractivity contribution is 5.79. The summed E-state index contributed by atoms with van der Waals surface area (Å²) in [6, 6.07) is 10.4. The Hall–Kier alpha value is -2.80. The molecule has 4 heterocycles. The first-order chi connectivity index (χ1) is 14.2. The Bertz CT molecular complexity index is 940. The SMILES string of the molecule is CCNC(=NCc1cn2c(C)cccc2n1)NCC(c1ccco1)N1CCCC1. The number of nitrogens with zero attached hydrogens (tertiary/aromatic N) is 4. The van der Waals surface area contributed by atoms with Crippen molar-refractivity contribution in [3.63, 3.8) is 0 Å². The summed E-state index contributed by atoms with van der Waals surface area (Å²) in [5.41, 5.74) is 3.08. The van der Waals surface area contributed by atoms with Gasteiger partial charge in [0.05, 0.1) is 24.5 Å². The highest BCUT2D eigenvalue weighted by Crippen LogP contribution is 2.24. The van der Waals surface area contributed by atoms with Crippen LogP contribution in [0, 0.1) is 6.92 Å². The number of aromatic nitrogens is 2. The summed E-state index contributed by atoms with van der Waals surface area (Å²) in [6.45, 7) is 8.49. The van der Waals surface area contributed by atoms with Crippen molar-refractivity contribution in [2.75, 3.05) is 26.2 Å². The summed E-state index contributed by atoms with van der Waals surface area (Å²) in [4.78, 5) is 11.9. The normalized spacial score (nSPS) is 16.4. The van der Waals surface area contributed by atoms with Crippen LogP contribution in [0.1, 0.15) is 43.0 Å². The number of guanidine groups is 1. The molecule has 0 amide bonds. The van der Waals surface area contributed by atoms with Gasteiger partial charge in [0.15, 0.2) is 5.96 Å². The Morgan fingerprint density at radius 3 is 2.79 bits per heavy atom. The Labute approximate surface area is 171 Å². The van der Waals surface area contributed by atoms with E-state index in [0.717, 1.165) is 49.2 Å². The minimum atomic E-state index is 0.217. The first kappa shape index (κ1) is 19.5. The molecule has 3 aromatic heterocycles.